The maximum atomic E-state index is 13.5. The van der Waals surface area contributed by atoms with Gasteiger partial charge in [-0.2, -0.15) is 4.68 Å². The molecule has 1 fully saturated rings. The molecule has 0 radical (unpaired) electrons. The van der Waals surface area contributed by atoms with Crippen molar-refractivity contribution in [3.05, 3.63) is 35.9 Å². The highest BCUT2D eigenvalue weighted by Crippen LogP contribution is 2.19. The van der Waals surface area contributed by atoms with Crippen LogP contribution in [0, 0.1) is 5.82 Å². The number of tetrazole rings is 1. The van der Waals surface area contributed by atoms with Crippen molar-refractivity contribution in [2.75, 3.05) is 0 Å². The monoisotopic (exact) mass is 303 g/mol. The van der Waals surface area contributed by atoms with Crippen molar-refractivity contribution in [1.29, 1.82) is 0 Å². The van der Waals surface area contributed by atoms with E-state index in [1.165, 1.54) is 42.0 Å². The number of nitrogens with one attached hydrogen (secondary N) is 1. The Labute approximate surface area is 127 Å². The SMILES string of the molecule is O=C(NC1CCCCCC1)c1ccc(F)cc1-n1cnnn1. The summed E-state index contributed by atoms with van der Waals surface area (Å²) >= 11 is 0. The first-order valence-corrected chi connectivity index (χ1v) is 7.58. The highest BCUT2D eigenvalue weighted by molar-refractivity contribution is 5.97. The second-order valence-electron chi connectivity index (χ2n) is 5.58. The third-order valence-corrected chi connectivity index (χ3v) is 3.99. The van der Waals surface area contributed by atoms with E-state index in [0.717, 1.165) is 25.7 Å². The summed E-state index contributed by atoms with van der Waals surface area (Å²) in [5, 5.41) is 13.9. The molecule has 0 spiro atoms. The second-order valence-corrected chi connectivity index (χ2v) is 5.58. The van der Waals surface area contributed by atoms with Crippen LogP contribution >= 0.6 is 0 Å². The lowest BCUT2D eigenvalue weighted by Crippen LogP contribution is -2.35. The average molecular weight is 303 g/mol. The summed E-state index contributed by atoms with van der Waals surface area (Å²) in [6, 6.07) is 4.19. The second kappa shape index (κ2) is 6.64. The fourth-order valence-electron chi connectivity index (χ4n) is 2.84. The largest absolute Gasteiger partial charge is 0.349 e. The Balaban J connectivity index is 1.82. The summed E-state index contributed by atoms with van der Waals surface area (Å²) in [7, 11) is 0. The smallest absolute Gasteiger partial charge is 0.253 e. The molecule has 2 aromatic rings. The van der Waals surface area contributed by atoms with Crippen molar-refractivity contribution in [3.8, 4) is 5.69 Å². The van der Waals surface area contributed by atoms with Crippen LogP contribution in [0.4, 0.5) is 4.39 Å². The van der Waals surface area contributed by atoms with Gasteiger partial charge in [0, 0.05) is 12.1 Å². The van der Waals surface area contributed by atoms with E-state index in [1.807, 2.05) is 0 Å². The summed E-state index contributed by atoms with van der Waals surface area (Å²) in [6.45, 7) is 0. The van der Waals surface area contributed by atoms with E-state index in [4.69, 9.17) is 0 Å². The van der Waals surface area contributed by atoms with Gasteiger partial charge >= 0.3 is 0 Å². The first-order chi connectivity index (χ1) is 10.7. The van der Waals surface area contributed by atoms with Gasteiger partial charge in [-0.1, -0.05) is 25.7 Å². The number of hydrogen-bond donors (Lipinski definition) is 1. The Hall–Kier alpha value is -2.31. The highest BCUT2D eigenvalue weighted by Gasteiger charge is 2.19. The molecule has 7 heteroatoms. The molecular weight excluding hydrogens is 285 g/mol. The van der Waals surface area contributed by atoms with Crippen LogP contribution in [0.25, 0.3) is 5.69 Å². The molecule has 0 aliphatic heterocycles. The summed E-state index contributed by atoms with van der Waals surface area (Å²) in [5.74, 6) is -0.645. The molecule has 1 saturated carbocycles. The number of benzene rings is 1. The maximum absolute atomic E-state index is 13.5. The van der Waals surface area contributed by atoms with Crippen molar-refractivity contribution < 1.29 is 9.18 Å². The lowest BCUT2D eigenvalue weighted by Gasteiger charge is -2.17. The fraction of sp³-hybridized carbons (Fsp3) is 0.467. The van der Waals surface area contributed by atoms with Crippen LogP contribution in [0.5, 0.6) is 0 Å². The van der Waals surface area contributed by atoms with Crippen LogP contribution in [-0.4, -0.2) is 32.2 Å². The van der Waals surface area contributed by atoms with E-state index < -0.39 is 5.82 Å². The molecule has 1 aliphatic carbocycles. The van der Waals surface area contributed by atoms with Gasteiger partial charge in [0.05, 0.1) is 11.3 Å². The van der Waals surface area contributed by atoms with Crippen molar-refractivity contribution in [2.45, 2.75) is 44.6 Å². The minimum absolute atomic E-state index is 0.182. The molecule has 1 aromatic carbocycles. The van der Waals surface area contributed by atoms with Crippen LogP contribution in [0.3, 0.4) is 0 Å². The number of amides is 1. The summed E-state index contributed by atoms with van der Waals surface area (Å²) in [5.41, 5.74) is 0.717. The minimum atomic E-state index is -0.434. The summed E-state index contributed by atoms with van der Waals surface area (Å²) in [4.78, 5) is 12.5. The molecule has 0 bridgehead atoms. The molecule has 1 aromatic heterocycles. The molecule has 22 heavy (non-hydrogen) atoms. The molecule has 1 N–H and O–H groups in total. The van der Waals surface area contributed by atoms with Crippen molar-refractivity contribution >= 4 is 5.91 Å². The third-order valence-electron chi connectivity index (χ3n) is 3.99. The van der Waals surface area contributed by atoms with Crippen LogP contribution in [0.1, 0.15) is 48.9 Å². The molecule has 1 heterocycles. The molecule has 1 amide bonds. The van der Waals surface area contributed by atoms with Gasteiger partial charge < -0.3 is 5.32 Å². The normalized spacial score (nSPS) is 16.2. The van der Waals surface area contributed by atoms with Gasteiger partial charge in [0.1, 0.15) is 12.1 Å². The van der Waals surface area contributed by atoms with Gasteiger partial charge in [0.15, 0.2) is 0 Å². The molecule has 3 rings (SSSR count). The van der Waals surface area contributed by atoms with E-state index in [9.17, 15) is 9.18 Å². The van der Waals surface area contributed by atoms with Crippen LogP contribution in [-0.2, 0) is 0 Å². The highest BCUT2D eigenvalue weighted by atomic mass is 19.1. The third kappa shape index (κ3) is 3.29. The average Bonchev–Trinajstić information content (AvgIpc) is 2.93. The molecular formula is C15H18FN5O. The number of nitrogens with zero attached hydrogens (tertiary/aromatic N) is 4. The Morgan fingerprint density at radius 2 is 2.00 bits per heavy atom. The van der Waals surface area contributed by atoms with Gasteiger partial charge in [0.2, 0.25) is 0 Å². The molecule has 1 aliphatic rings. The molecule has 6 nitrogen and oxygen atoms in total. The number of aromatic nitrogens is 4. The van der Waals surface area contributed by atoms with E-state index in [2.05, 4.69) is 20.8 Å². The van der Waals surface area contributed by atoms with Gasteiger partial charge in [-0.25, -0.2) is 4.39 Å². The van der Waals surface area contributed by atoms with Crippen LogP contribution < -0.4 is 5.32 Å². The maximum Gasteiger partial charge on any atom is 0.253 e. The summed E-state index contributed by atoms with van der Waals surface area (Å²) < 4.78 is 14.8. The summed E-state index contributed by atoms with van der Waals surface area (Å²) in [6.07, 6.45) is 8.04. The van der Waals surface area contributed by atoms with Crippen LogP contribution in [0.2, 0.25) is 0 Å². The Morgan fingerprint density at radius 3 is 2.68 bits per heavy atom. The zero-order valence-electron chi connectivity index (χ0n) is 12.2. The topological polar surface area (TPSA) is 72.7 Å². The van der Waals surface area contributed by atoms with Crippen molar-refractivity contribution in [3.63, 3.8) is 0 Å². The fourth-order valence-corrected chi connectivity index (χ4v) is 2.84. The molecule has 116 valence electrons. The Bertz CT molecular complexity index is 635. The predicted octanol–water partition coefficient (Wildman–Crippen LogP) is 2.25. The molecule has 0 unspecified atom stereocenters. The van der Waals surface area contributed by atoms with Gasteiger partial charge in [-0.15, -0.1) is 5.10 Å². The zero-order valence-corrected chi connectivity index (χ0v) is 12.2. The molecule has 0 atom stereocenters. The predicted molar refractivity (Wildman–Crippen MR) is 78.1 cm³/mol. The first-order valence-electron chi connectivity index (χ1n) is 7.58. The minimum Gasteiger partial charge on any atom is -0.349 e. The number of carbonyl (C=O) groups excluding carboxylic acids is 1. The van der Waals surface area contributed by atoms with E-state index in [-0.39, 0.29) is 11.9 Å². The lowest BCUT2D eigenvalue weighted by atomic mass is 10.1. The number of carbonyl (C=O) groups is 1. The van der Waals surface area contributed by atoms with E-state index in [0.29, 0.717) is 11.3 Å². The number of hydrogen-bond acceptors (Lipinski definition) is 4. The Kier molecular flexibility index (Phi) is 4.41. The zero-order chi connectivity index (χ0) is 15.4. The molecule has 0 saturated heterocycles. The van der Waals surface area contributed by atoms with Gasteiger partial charge in [0.25, 0.3) is 5.91 Å². The van der Waals surface area contributed by atoms with E-state index >= 15 is 0 Å². The number of rotatable bonds is 3. The number of halogens is 1. The quantitative estimate of drug-likeness (QED) is 0.883. The standard InChI is InChI=1S/C15H18FN5O/c16-11-7-8-13(14(9-11)21-10-17-19-20-21)15(22)18-12-5-3-1-2-4-6-12/h7-10,12H,1-6H2,(H,18,22). The Morgan fingerprint density at radius 1 is 1.23 bits per heavy atom. The van der Waals surface area contributed by atoms with Gasteiger partial charge in [-0.05, 0) is 35.4 Å². The first kappa shape index (κ1) is 14.6. The van der Waals surface area contributed by atoms with Crippen molar-refractivity contribution in [1.82, 2.24) is 25.5 Å². The van der Waals surface area contributed by atoms with Crippen molar-refractivity contribution in [2.24, 2.45) is 0 Å². The van der Waals surface area contributed by atoms with Crippen LogP contribution in [0.15, 0.2) is 24.5 Å². The van der Waals surface area contributed by atoms with Gasteiger partial charge in [-0.3, -0.25) is 4.79 Å². The lowest BCUT2D eigenvalue weighted by molar-refractivity contribution is 0.0933. The van der Waals surface area contributed by atoms with E-state index in [1.54, 1.807) is 0 Å².